The minimum Gasteiger partial charge on any atom is -0.351 e. The quantitative estimate of drug-likeness (QED) is 0.906. The van der Waals surface area contributed by atoms with Crippen molar-refractivity contribution in [1.82, 2.24) is 5.32 Å². The molecule has 1 heterocycles. The van der Waals surface area contributed by atoms with Gasteiger partial charge in [0.2, 0.25) is 5.91 Å². The molecule has 1 aromatic heterocycles. The van der Waals surface area contributed by atoms with Gasteiger partial charge in [-0.3, -0.25) is 4.79 Å². The highest BCUT2D eigenvalue weighted by Crippen LogP contribution is 2.69. The molecule has 0 spiro atoms. The zero-order chi connectivity index (χ0) is 12.3. The number of rotatable bonds is 3. The van der Waals surface area contributed by atoms with E-state index in [-0.39, 0.29) is 0 Å². The fourth-order valence-corrected chi connectivity index (χ4v) is 5.84. The standard InChI is InChI=1S/C14H16BrNOS/c15-10-4-3-9(18-10)6-16-14(17)13-11-7-1-2-8(5-7)12(11)13/h3-4,7-8,11-13H,1-2,5-6H2,(H,16,17). The first-order valence-corrected chi connectivity index (χ1v) is 8.37. The van der Waals surface area contributed by atoms with Crippen molar-refractivity contribution in [1.29, 1.82) is 0 Å². The summed E-state index contributed by atoms with van der Waals surface area (Å²) in [5.74, 6) is 3.93. The summed E-state index contributed by atoms with van der Waals surface area (Å²) in [4.78, 5) is 13.4. The predicted octanol–water partition coefficient (Wildman–Crippen LogP) is 3.42. The molecule has 4 rings (SSSR count). The number of carbonyl (C=O) groups is 1. The largest absolute Gasteiger partial charge is 0.351 e. The summed E-state index contributed by atoms with van der Waals surface area (Å²) in [5, 5.41) is 3.12. The molecule has 0 radical (unpaired) electrons. The molecule has 1 N–H and O–H groups in total. The summed E-state index contributed by atoms with van der Waals surface area (Å²) in [6.07, 6.45) is 4.18. The van der Waals surface area contributed by atoms with Crippen LogP contribution in [0.25, 0.3) is 0 Å². The maximum absolute atomic E-state index is 12.2. The number of hydrogen-bond acceptors (Lipinski definition) is 2. The summed E-state index contributed by atoms with van der Waals surface area (Å²) in [5.41, 5.74) is 0. The number of carbonyl (C=O) groups excluding carboxylic acids is 1. The van der Waals surface area contributed by atoms with Gasteiger partial charge in [0.1, 0.15) is 0 Å². The van der Waals surface area contributed by atoms with E-state index in [4.69, 9.17) is 0 Å². The van der Waals surface area contributed by atoms with E-state index < -0.39 is 0 Å². The van der Waals surface area contributed by atoms with E-state index in [0.717, 1.165) is 27.5 Å². The number of halogens is 1. The fourth-order valence-electron chi connectivity index (χ4n) is 4.41. The lowest BCUT2D eigenvalue weighted by molar-refractivity contribution is -0.123. The zero-order valence-corrected chi connectivity index (χ0v) is 12.5. The molecule has 0 saturated heterocycles. The first-order valence-electron chi connectivity index (χ1n) is 6.76. The predicted molar refractivity (Wildman–Crippen MR) is 75.2 cm³/mol. The molecule has 3 aliphatic rings. The summed E-state index contributed by atoms with van der Waals surface area (Å²) in [7, 11) is 0. The van der Waals surface area contributed by atoms with E-state index in [1.165, 1.54) is 24.1 Å². The third-order valence-electron chi connectivity index (χ3n) is 5.10. The van der Waals surface area contributed by atoms with Crippen molar-refractivity contribution >= 4 is 33.2 Å². The molecule has 1 amide bonds. The first kappa shape index (κ1) is 11.5. The van der Waals surface area contributed by atoms with Crippen molar-refractivity contribution in [3.63, 3.8) is 0 Å². The Kier molecular flexibility index (Phi) is 2.60. The fraction of sp³-hybridized carbons (Fsp3) is 0.643. The Morgan fingerprint density at radius 2 is 2.06 bits per heavy atom. The third kappa shape index (κ3) is 1.68. The van der Waals surface area contributed by atoms with Crippen LogP contribution in [0.3, 0.4) is 0 Å². The monoisotopic (exact) mass is 325 g/mol. The van der Waals surface area contributed by atoms with Gasteiger partial charge in [0, 0.05) is 10.8 Å². The molecule has 18 heavy (non-hydrogen) atoms. The summed E-state index contributed by atoms with van der Waals surface area (Å²) in [6, 6.07) is 4.12. The van der Waals surface area contributed by atoms with Crippen LogP contribution < -0.4 is 5.32 Å². The van der Waals surface area contributed by atoms with Gasteiger partial charge in [-0.15, -0.1) is 11.3 Å². The van der Waals surface area contributed by atoms with Gasteiger partial charge in [0.25, 0.3) is 0 Å². The van der Waals surface area contributed by atoms with Gasteiger partial charge in [-0.1, -0.05) is 0 Å². The van der Waals surface area contributed by atoms with Gasteiger partial charge in [-0.2, -0.15) is 0 Å². The number of nitrogens with one attached hydrogen (secondary N) is 1. The third-order valence-corrected chi connectivity index (χ3v) is 6.73. The summed E-state index contributed by atoms with van der Waals surface area (Å²) < 4.78 is 1.13. The Morgan fingerprint density at radius 3 is 2.67 bits per heavy atom. The molecule has 1 aromatic rings. The molecule has 4 atom stereocenters. The van der Waals surface area contributed by atoms with Gasteiger partial charge in [0.15, 0.2) is 0 Å². The van der Waals surface area contributed by atoms with E-state index in [9.17, 15) is 4.79 Å². The van der Waals surface area contributed by atoms with Crippen molar-refractivity contribution < 1.29 is 4.79 Å². The Morgan fingerprint density at radius 1 is 1.33 bits per heavy atom. The van der Waals surface area contributed by atoms with Crippen LogP contribution in [0.5, 0.6) is 0 Å². The molecule has 4 heteroatoms. The second-order valence-corrected chi connectivity index (χ2v) is 8.48. The van der Waals surface area contributed by atoms with Crippen molar-refractivity contribution in [2.45, 2.75) is 25.8 Å². The van der Waals surface area contributed by atoms with Crippen molar-refractivity contribution in [2.75, 3.05) is 0 Å². The molecule has 2 nitrogen and oxygen atoms in total. The highest BCUT2D eigenvalue weighted by Gasteiger charge is 2.67. The van der Waals surface area contributed by atoms with Crippen LogP contribution in [-0.4, -0.2) is 5.91 Å². The van der Waals surface area contributed by atoms with Crippen LogP contribution in [0.1, 0.15) is 24.1 Å². The van der Waals surface area contributed by atoms with E-state index in [0.29, 0.717) is 18.4 Å². The highest BCUT2D eigenvalue weighted by molar-refractivity contribution is 9.11. The lowest BCUT2D eigenvalue weighted by Gasteiger charge is -2.08. The lowest BCUT2D eigenvalue weighted by Crippen LogP contribution is -2.26. The van der Waals surface area contributed by atoms with Gasteiger partial charge in [-0.05, 0) is 71.0 Å². The molecule has 0 aromatic carbocycles. The topological polar surface area (TPSA) is 29.1 Å². The van der Waals surface area contributed by atoms with Crippen LogP contribution in [-0.2, 0) is 11.3 Å². The van der Waals surface area contributed by atoms with E-state index >= 15 is 0 Å². The normalized spacial score (nSPS) is 39.7. The van der Waals surface area contributed by atoms with Crippen LogP contribution in [0.4, 0.5) is 0 Å². The number of hydrogen-bond donors (Lipinski definition) is 1. The zero-order valence-electron chi connectivity index (χ0n) is 10.1. The van der Waals surface area contributed by atoms with Gasteiger partial charge >= 0.3 is 0 Å². The highest BCUT2D eigenvalue weighted by atomic mass is 79.9. The van der Waals surface area contributed by atoms with Crippen molar-refractivity contribution in [3.05, 3.63) is 20.8 Å². The Labute approximate surface area is 119 Å². The molecule has 3 aliphatic carbocycles. The Bertz CT molecular complexity index is 484. The first-order chi connectivity index (χ1) is 8.74. The molecule has 3 fully saturated rings. The van der Waals surface area contributed by atoms with Crippen LogP contribution in [0, 0.1) is 29.6 Å². The second-order valence-electron chi connectivity index (χ2n) is 5.94. The maximum atomic E-state index is 12.2. The molecular weight excluding hydrogens is 310 g/mol. The lowest BCUT2D eigenvalue weighted by atomic mass is 10.0. The van der Waals surface area contributed by atoms with E-state index in [1.54, 1.807) is 11.3 Å². The minimum atomic E-state index is 0.311. The van der Waals surface area contributed by atoms with Crippen molar-refractivity contribution in [2.24, 2.45) is 29.6 Å². The van der Waals surface area contributed by atoms with E-state index in [1.807, 2.05) is 6.07 Å². The molecule has 3 saturated carbocycles. The van der Waals surface area contributed by atoms with Gasteiger partial charge in [0.05, 0.1) is 10.3 Å². The second kappa shape index (κ2) is 4.07. The maximum Gasteiger partial charge on any atom is 0.224 e. The molecular formula is C14H16BrNOS. The molecule has 0 aliphatic heterocycles. The minimum absolute atomic E-state index is 0.311. The molecule has 96 valence electrons. The molecule has 2 bridgehead atoms. The Balaban J connectivity index is 1.36. The Hall–Kier alpha value is -0.350. The van der Waals surface area contributed by atoms with Gasteiger partial charge < -0.3 is 5.32 Å². The summed E-state index contributed by atoms with van der Waals surface area (Å²) in [6.45, 7) is 0.695. The van der Waals surface area contributed by atoms with Crippen LogP contribution >= 0.6 is 27.3 Å². The van der Waals surface area contributed by atoms with Crippen LogP contribution in [0.2, 0.25) is 0 Å². The number of fused-ring (bicyclic) bond motifs is 5. The smallest absolute Gasteiger partial charge is 0.224 e. The summed E-state index contributed by atoms with van der Waals surface area (Å²) >= 11 is 5.15. The van der Waals surface area contributed by atoms with Crippen molar-refractivity contribution in [3.8, 4) is 0 Å². The van der Waals surface area contributed by atoms with E-state index in [2.05, 4.69) is 27.3 Å². The number of thiophene rings is 1. The number of amides is 1. The average Bonchev–Trinajstić information content (AvgIpc) is 2.69. The van der Waals surface area contributed by atoms with Gasteiger partial charge in [-0.25, -0.2) is 0 Å². The SMILES string of the molecule is O=C(NCc1ccc(Br)s1)C1C2C3CCC(C3)C12. The van der Waals surface area contributed by atoms with Crippen LogP contribution in [0.15, 0.2) is 15.9 Å². The molecule has 4 unspecified atom stereocenters. The average molecular weight is 326 g/mol.